The monoisotopic (exact) mass is 608 g/mol. The number of hydrogen-bond donors (Lipinski definition) is 2. The number of anilines is 2. The molecule has 2 atom stereocenters. The summed E-state index contributed by atoms with van der Waals surface area (Å²) >= 11 is 8.45. The van der Waals surface area contributed by atoms with Crippen molar-refractivity contribution in [2.75, 3.05) is 48.9 Å². The summed E-state index contributed by atoms with van der Waals surface area (Å²) in [4.78, 5) is 27.3. The van der Waals surface area contributed by atoms with Gasteiger partial charge >= 0.3 is 0 Å². The highest BCUT2D eigenvalue weighted by Gasteiger charge is 2.27. The van der Waals surface area contributed by atoms with Crippen molar-refractivity contribution < 1.29 is 13.8 Å². The molecule has 1 amide bonds. The van der Waals surface area contributed by atoms with Gasteiger partial charge in [0.2, 0.25) is 23.5 Å². The molecule has 2 unspecified atom stereocenters. The number of likely N-dealkylation sites (tertiary alicyclic amines) is 1. The van der Waals surface area contributed by atoms with E-state index in [4.69, 9.17) is 20.9 Å². The van der Waals surface area contributed by atoms with Crippen LogP contribution in [-0.2, 0) is 25.6 Å². The minimum Gasteiger partial charge on any atom is -0.354 e. The van der Waals surface area contributed by atoms with E-state index in [2.05, 4.69) is 53.3 Å². The molecule has 2 heterocycles. The van der Waals surface area contributed by atoms with Gasteiger partial charge in [0, 0.05) is 25.2 Å². The molecular formula is C25H49N6O3PS3. The van der Waals surface area contributed by atoms with Gasteiger partial charge in [-0.25, -0.2) is 0 Å². The Morgan fingerprint density at radius 1 is 1.11 bits per heavy atom. The number of thioether (sulfide) groups is 1. The summed E-state index contributed by atoms with van der Waals surface area (Å²) in [5, 5.41) is 7.14. The Morgan fingerprint density at radius 2 is 1.74 bits per heavy atom. The maximum absolute atomic E-state index is 12.4. The van der Waals surface area contributed by atoms with Crippen LogP contribution in [0.4, 0.5) is 11.9 Å². The third kappa shape index (κ3) is 13.6. The average molecular weight is 609 g/mol. The zero-order valence-corrected chi connectivity index (χ0v) is 27.8. The fraction of sp³-hybridized carbons (Fsp3) is 0.840. The number of carbonyl (C=O) groups is 1. The van der Waals surface area contributed by atoms with Crippen LogP contribution >= 0.6 is 28.8 Å². The third-order valence-corrected chi connectivity index (χ3v) is 11.7. The van der Waals surface area contributed by atoms with E-state index >= 15 is 0 Å². The van der Waals surface area contributed by atoms with Crippen LogP contribution < -0.4 is 10.6 Å². The molecular weight excluding hydrogens is 559 g/mol. The third-order valence-electron chi connectivity index (χ3n) is 5.87. The molecule has 0 aromatic carbocycles. The second-order valence-electron chi connectivity index (χ2n) is 9.50. The standard InChI is InChI=1S/C14H28NO3PS2.C11H21N5S/c1-4-10-17-19(20,18-11-5-2)21-12-14(16)15-9-7-6-8-13(15)3;1-6-12-9-14-10(13-8(4)7(2)3)16-11(15-9)17-5/h13H,4-12H2,1-3H3;7-8H,6H2,1-5H3,(H2,12,13,14,15,16). The van der Waals surface area contributed by atoms with Crippen molar-refractivity contribution >= 4 is 58.4 Å². The first-order chi connectivity index (χ1) is 18.1. The maximum Gasteiger partial charge on any atom is 0.247 e. The van der Waals surface area contributed by atoms with Crippen LogP contribution in [0.2, 0.25) is 0 Å². The van der Waals surface area contributed by atoms with Gasteiger partial charge in [0.25, 0.3) is 0 Å². The number of carbonyl (C=O) groups excluding carboxylic acids is 1. The van der Waals surface area contributed by atoms with Gasteiger partial charge in [-0.15, -0.1) is 0 Å². The van der Waals surface area contributed by atoms with Gasteiger partial charge in [-0.3, -0.25) is 4.79 Å². The van der Waals surface area contributed by atoms with Crippen molar-refractivity contribution in [3.63, 3.8) is 0 Å². The molecule has 13 heteroatoms. The Bertz CT molecular complexity index is 856. The second kappa shape index (κ2) is 19.4. The van der Waals surface area contributed by atoms with Crippen LogP contribution in [0.5, 0.6) is 0 Å². The summed E-state index contributed by atoms with van der Waals surface area (Å²) in [6.45, 7) is 17.6. The average Bonchev–Trinajstić information content (AvgIpc) is 2.90. The van der Waals surface area contributed by atoms with Crippen LogP contribution in [0.15, 0.2) is 5.16 Å². The highest BCUT2D eigenvalue weighted by atomic mass is 32.9. The van der Waals surface area contributed by atoms with Crippen molar-refractivity contribution in [3.05, 3.63) is 0 Å². The largest absolute Gasteiger partial charge is 0.354 e. The van der Waals surface area contributed by atoms with E-state index in [-0.39, 0.29) is 5.91 Å². The summed E-state index contributed by atoms with van der Waals surface area (Å²) < 4.78 is 11.5. The summed E-state index contributed by atoms with van der Waals surface area (Å²) in [7, 11) is 0. The summed E-state index contributed by atoms with van der Waals surface area (Å²) in [6.07, 6.45) is 7.20. The molecule has 1 aromatic heterocycles. The van der Waals surface area contributed by atoms with E-state index in [0.717, 1.165) is 43.9 Å². The van der Waals surface area contributed by atoms with Crippen LogP contribution in [0.25, 0.3) is 0 Å². The fourth-order valence-electron chi connectivity index (χ4n) is 3.32. The number of hydrogen-bond acceptors (Lipinski definition) is 11. The van der Waals surface area contributed by atoms with E-state index in [1.165, 1.54) is 29.6 Å². The highest BCUT2D eigenvalue weighted by molar-refractivity contribution is 8.68. The first kappa shape index (κ1) is 35.4. The maximum atomic E-state index is 12.4. The van der Waals surface area contributed by atoms with Crippen LogP contribution in [0.1, 0.15) is 80.6 Å². The zero-order chi connectivity index (χ0) is 28.6. The predicted octanol–water partition coefficient (Wildman–Crippen LogP) is 6.68. The van der Waals surface area contributed by atoms with Gasteiger partial charge in [0.1, 0.15) is 0 Å². The van der Waals surface area contributed by atoms with Crippen molar-refractivity contribution in [2.45, 2.75) is 97.8 Å². The van der Waals surface area contributed by atoms with Gasteiger partial charge < -0.3 is 24.6 Å². The number of nitrogens with one attached hydrogen (secondary N) is 2. The van der Waals surface area contributed by atoms with Crippen LogP contribution in [-0.4, -0.2) is 76.2 Å². The van der Waals surface area contributed by atoms with Crippen LogP contribution in [0, 0.1) is 5.92 Å². The fourth-order valence-corrected chi connectivity index (χ4v) is 7.77. The Balaban J connectivity index is 0.000000389. The van der Waals surface area contributed by atoms with E-state index in [1.54, 1.807) is 0 Å². The summed E-state index contributed by atoms with van der Waals surface area (Å²) in [6, 6.07) is 0.680. The predicted molar refractivity (Wildman–Crippen MR) is 168 cm³/mol. The number of aromatic nitrogens is 3. The summed E-state index contributed by atoms with van der Waals surface area (Å²) in [5.74, 6) is 2.34. The first-order valence-corrected chi connectivity index (χ1v) is 19.2. The number of piperidine rings is 1. The van der Waals surface area contributed by atoms with Gasteiger partial charge in [-0.05, 0) is 76.9 Å². The quantitative estimate of drug-likeness (QED) is 0.165. The van der Waals surface area contributed by atoms with Crippen molar-refractivity contribution in [1.82, 2.24) is 19.9 Å². The van der Waals surface area contributed by atoms with E-state index < -0.39 is 5.69 Å². The molecule has 1 fully saturated rings. The minimum absolute atomic E-state index is 0.168. The second-order valence-corrected chi connectivity index (χ2v) is 16.6. The van der Waals surface area contributed by atoms with E-state index in [9.17, 15) is 4.79 Å². The lowest BCUT2D eigenvalue weighted by atomic mass is 10.0. The summed E-state index contributed by atoms with van der Waals surface area (Å²) in [5.41, 5.74) is -2.37. The van der Waals surface area contributed by atoms with Gasteiger partial charge in [0.15, 0.2) is 5.16 Å². The van der Waals surface area contributed by atoms with Gasteiger partial charge in [-0.1, -0.05) is 50.8 Å². The van der Waals surface area contributed by atoms with Crippen molar-refractivity contribution in [2.24, 2.45) is 5.92 Å². The first-order valence-electron chi connectivity index (χ1n) is 13.7. The molecule has 0 spiro atoms. The number of nitrogens with zero attached hydrogens (tertiary/aromatic N) is 4. The molecule has 9 nitrogen and oxygen atoms in total. The topological polar surface area (TPSA) is 102 Å². The molecule has 1 saturated heterocycles. The Labute approximate surface area is 244 Å². The Kier molecular flexibility index (Phi) is 18.1. The molecule has 2 rings (SSSR count). The van der Waals surface area contributed by atoms with Crippen molar-refractivity contribution in [3.8, 4) is 0 Å². The molecule has 0 radical (unpaired) electrons. The SMILES string of the molecule is CCCOP(=S)(OCCC)SCC(=O)N1CCCCC1C.CCNc1nc(NC(C)C(C)C)nc(SC)n1. The Hall–Kier alpha value is -0.650. The van der Waals surface area contributed by atoms with Gasteiger partial charge in [-0.2, -0.15) is 15.0 Å². The molecule has 2 N–H and O–H groups in total. The molecule has 220 valence electrons. The molecule has 0 bridgehead atoms. The lowest BCUT2D eigenvalue weighted by Crippen LogP contribution is -2.42. The Morgan fingerprint density at radius 3 is 2.26 bits per heavy atom. The van der Waals surface area contributed by atoms with E-state index in [0.29, 0.717) is 48.9 Å². The molecule has 0 saturated carbocycles. The van der Waals surface area contributed by atoms with Crippen LogP contribution in [0.3, 0.4) is 0 Å². The normalized spacial score (nSPS) is 16.6. The number of rotatable bonds is 15. The molecule has 1 aliphatic heterocycles. The lowest BCUT2D eigenvalue weighted by molar-refractivity contribution is -0.131. The molecule has 1 aromatic rings. The smallest absolute Gasteiger partial charge is 0.247 e. The highest BCUT2D eigenvalue weighted by Crippen LogP contribution is 2.61. The molecule has 38 heavy (non-hydrogen) atoms. The molecule has 1 aliphatic rings. The van der Waals surface area contributed by atoms with E-state index in [1.807, 2.05) is 31.9 Å². The van der Waals surface area contributed by atoms with Gasteiger partial charge in [0.05, 0.1) is 19.0 Å². The number of amides is 1. The van der Waals surface area contributed by atoms with Crippen molar-refractivity contribution in [1.29, 1.82) is 0 Å². The minimum atomic E-state index is -2.37. The zero-order valence-electron chi connectivity index (χ0n) is 24.5. The molecule has 0 aliphatic carbocycles. The lowest BCUT2D eigenvalue weighted by Gasteiger charge is -2.33.